The molecule has 1 N–H and O–H groups in total. The van der Waals surface area contributed by atoms with Gasteiger partial charge in [0.2, 0.25) is 0 Å². The van der Waals surface area contributed by atoms with Crippen molar-refractivity contribution in [3.63, 3.8) is 0 Å². The maximum Gasteiger partial charge on any atom is 0.435 e. The van der Waals surface area contributed by atoms with E-state index in [4.69, 9.17) is 0 Å². The Labute approximate surface area is 112 Å². The van der Waals surface area contributed by atoms with E-state index >= 15 is 0 Å². The zero-order valence-electron chi connectivity index (χ0n) is 11.9. The number of nitrogens with zero attached hydrogens (tertiary/aromatic N) is 2. The second-order valence-corrected chi connectivity index (χ2v) is 5.85. The van der Waals surface area contributed by atoms with Crippen LogP contribution in [0.25, 0.3) is 0 Å². The lowest BCUT2D eigenvalue weighted by Gasteiger charge is -2.21. The van der Waals surface area contributed by atoms with Crippen molar-refractivity contribution < 1.29 is 13.2 Å². The highest BCUT2D eigenvalue weighted by atomic mass is 19.4. The van der Waals surface area contributed by atoms with E-state index in [1.54, 1.807) is 0 Å². The van der Waals surface area contributed by atoms with Gasteiger partial charge in [-0.25, -0.2) is 0 Å². The third-order valence-corrected chi connectivity index (χ3v) is 2.80. The first-order chi connectivity index (χ1) is 8.59. The molecule has 0 fully saturated rings. The first-order valence-corrected chi connectivity index (χ1v) is 6.47. The van der Waals surface area contributed by atoms with Gasteiger partial charge in [-0.3, -0.25) is 4.68 Å². The summed E-state index contributed by atoms with van der Waals surface area (Å²) in [7, 11) is 0. The van der Waals surface area contributed by atoms with Crippen molar-refractivity contribution in [3.8, 4) is 0 Å². The molecule has 0 bridgehead atoms. The molecule has 19 heavy (non-hydrogen) atoms. The molecule has 0 aliphatic carbocycles. The Hall–Kier alpha value is -1.04. The molecule has 110 valence electrons. The van der Waals surface area contributed by atoms with Crippen molar-refractivity contribution in [1.29, 1.82) is 0 Å². The molecule has 1 aromatic rings. The summed E-state index contributed by atoms with van der Waals surface area (Å²) in [5.41, 5.74) is -0.759. The predicted octanol–water partition coefficient (Wildman–Crippen LogP) is 3.63. The quantitative estimate of drug-likeness (QED) is 0.833. The minimum Gasteiger partial charge on any atom is -0.312 e. The summed E-state index contributed by atoms with van der Waals surface area (Å²) >= 11 is 0. The fourth-order valence-corrected chi connectivity index (χ4v) is 1.73. The zero-order chi connectivity index (χ0) is 14.7. The van der Waals surface area contributed by atoms with Crippen LogP contribution in [-0.2, 0) is 6.18 Å². The smallest absolute Gasteiger partial charge is 0.312 e. The maximum absolute atomic E-state index is 12.4. The van der Waals surface area contributed by atoms with Gasteiger partial charge in [0.15, 0.2) is 5.69 Å². The summed E-state index contributed by atoms with van der Waals surface area (Å²) in [5.74, 6) is 0. The van der Waals surface area contributed by atoms with Crippen molar-refractivity contribution in [2.45, 2.75) is 58.3 Å². The molecular weight excluding hydrogens is 255 g/mol. The molecule has 1 atom stereocenters. The monoisotopic (exact) mass is 277 g/mol. The normalized spacial score (nSPS) is 14.7. The fourth-order valence-electron chi connectivity index (χ4n) is 1.73. The third-order valence-electron chi connectivity index (χ3n) is 2.80. The van der Waals surface area contributed by atoms with Crippen LogP contribution in [0.3, 0.4) is 0 Å². The molecule has 0 radical (unpaired) electrons. The minimum atomic E-state index is -4.36. The summed E-state index contributed by atoms with van der Waals surface area (Å²) in [4.78, 5) is 0. The summed E-state index contributed by atoms with van der Waals surface area (Å²) in [6.45, 7) is 8.98. The highest BCUT2D eigenvalue weighted by Gasteiger charge is 2.33. The average molecular weight is 277 g/mol. The number of alkyl halides is 3. The van der Waals surface area contributed by atoms with Gasteiger partial charge in [-0.1, -0.05) is 0 Å². The van der Waals surface area contributed by atoms with Gasteiger partial charge in [-0.05, 0) is 53.1 Å². The van der Waals surface area contributed by atoms with Crippen LogP contribution in [0.5, 0.6) is 0 Å². The fraction of sp³-hybridized carbons (Fsp3) is 0.769. The third kappa shape index (κ3) is 5.63. The first kappa shape index (κ1) is 16.0. The van der Waals surface area contributed by atoms with Crippen molar-refractivity contribution in [2.24, 2.45) is 0 Å². The van der Waals surface area contributed by atoms with Crippen LogP contribution in [0.15, 0.2) is 12.3 Å². The number of halogens is 3. The Kier molecular flexibility index (Phi) is 5.01. The van der Waals surface area contributed by atoms with E-state index in [-0.39, 0.29) is 11.6 Å². The van der Waals surface area contributed by atoms with E-state index in [0.29, 0.717) is 0 Å². The minimum absolute atomic E-state index is 0.0298. The van der Waals surface area contributed by atoms with Crippen LogP contribution in [-0.4, -0.2) is 21.9 Å². The van der Waals surface area contributed by atoms with E-state index in [2.05, 4.69) is 31.2 Å². The SMILES string of the molecule is CC(CCCNC(C)(C)C)n1ccc(C(F)(F)F)n1. The zero-order valence-corrected chi connectivity index (χ0v) is 11.9. The Morgan fingerprint density at radius 1 is 1.32 bits per heavy atom. The maximum atomic E-state index is 12.4. The summed E-state index contributed by atoms with van der Waals surface area (Å²) < 4.78 is 38.6. The lowest BCUT2D eigenvalue weighted by atomic mass is 10.1. The average Bonchev–Trinajstić information content (AvgIpc) is 2.71. The van der Waals surface area contributed by atoms with Gasteiger partial charge in [-0.2, -0.15) is 18.3 Å². The Bertz CT molecular complexity index is 391. The van der Waals surface area contributed by atoms with Crippen LogP contribution >= 0.6 is 0 Å². The van der Waals surface area contributed by atoms with Crippen molar-refractivity contribution >= 4 is 0 Å². The molecule has 3 nitrogen and oxygen atoms in total. The molecule has 1 rings (SSSR count). The van der Waals surface area contributed by atoms with Crippen LogP contribution in [0.1, 0.15) is 52.3 Å². The van der Waals surface area contributed by atoms with Gasteiger partial charge in [0, 0.05) is 17.8 Å². The van der Waals surface area contributed by atoms with Crippen LogP contribution in [0, 0.1) is 0 Å². The molecule has 1 unspecified atom stereocenters. The van der Waals surface area contributed by atoms with Gasteiger partial charge < -0.3 is 5.32 Å². The number of hydrogen-bond donors (Lipinski definition) is 1. The van der Waals surface area contributed by atoms with Crippen molar-refractivity contribution in [3.05, 3.63) is 18.0 Å². The molecule has 0 aliphatic heterocycles. The molecule has 0 saturated heterocycles. The van der Waals surface area contributed by atoms with Crippen LogP contribution < -0.4 is 5.32 Å². The first-order valence-electron chi connectivity index (χ1n) is 6.47. The highest BCUT2D eigenvalue weighted by molar-refractivity contribution is 5.03. The van der Waals surface area contributed by atoms with E-state index in [0.717, 1.165) is 25.5 Å². The molecule has 0 amide bonds. The van der Waals surface area contributed by atoms with Gasteiger partial charge in [0.05, 0.1) is 0 Å². The standard InChI is InChI=1S/C13H22F3N3/c1-10(6-5-8-17-12(2,3)4)19-9-7-11(18-19)13(14,15)16/h7,9-10,17H,5-6,8H2,1-4H3. The molecular formula is C13H22F3N3. The Morgan fingerprint density at radius 3 is 2.42 bits per heavy atom. The van der Waals surface area contributed by atoms with E-state index in [1.165, 1.54) is 10.9 Å². The number of hydrogen-bond acceptors (Lipinski definition) is 2. The number of rotatable bonds is 5. The topological polar surface area (TPSA) is 29.9 Å². The van der Waals surface area contributed by atoms with Gasteiger partial charge in [0.25, 0.3) is 0 Å². The predicted molar refractivity (Wildman–Crippen MR) is 68.9 cm³/mol. The summed E-state index contributed by atoms with van der Waals surface area (Å²) in [5, 5.41) is 6.93. The van der Waals surface area contributed by atoms with Crippen molar-refractivity contribution in [1.82, 2.24) is 15.1 Å². The second kappa shape index (κ2) is 5.94. The molecule has 0 spiro atoms. The molecule has 0 aromatic carbocycles. The molecule has 1 heterocycles. The molecule has 6 heteroatoms. The van der Waals surface area contributed by atoms with Crippen LogP contribution in [0.2, 0.25) is 0 Å². The van der Waals surface area contributed by atoms with Gasteiger partial charge in [-0.15, -0.1) is 0 Å². The van der Waals surface area contributed by atoms with Gasteiger partial charge in [0.1, 0.15) is 0 Å². The van der Waals surface area contributed by atoms with Gasteiger partial charge >= 0.3 is 6.18 Å². The Balaban J connectivity index is 2.42. The van der Waals surface area contributed by atoms with E-state index in [1.807, 2.05) is 6.92 Å². The summed E-state index contributed by atoms with van der Waals surface area (Å²) in [6.07, 6.45) is -1.27. The lowest BCUT2D eigenvalue weighted by Crippen LogP contribution is -2.36. The van der Waals surface area contributed by atoms with E-state index in [9.17, 15) is 13.2 Å². The number of aromatic nitrogens is 2. The van der Waals surface area contributed by atoms with E-state index < -0.39 is 11.9 Å². The highest BCUT2D eigenvalue weighted by Crippen LogP contribution is 2.28. The lowest BCUT2D eigenvalue weighted by molar-refractivity contribution is -0.141. The van der Waals surface area contributed by atoms with Crippen LogP contribution in [0.4, 0.5) is 13.2 Å². The van der Waals surface area contributed by atoms with Crippen molar-refractivity contribution in [2.75, 3.05) is 6.54 Å². The second-order valence-electron chi connectivity index (χ2n) is 5.85. The molecule has 0 aliphatic rings. The largest absolute Gasteiger partial charge is 0.435 e. The number of nitrogens with one attached hydrogen (secondary N) is 1. The molecule has 0 saturated carbocycles. The molecule has 1 aromatic heterocycles. The Morgan fingerprint density at radius 2 is 1.95 bits per heavy atom. The summed E-state index contributed by atoms with van der Waals surface area (Å²) in [6, 6.07) is 0.988.